The van der Waals surface area contributed by atoms with Crippen LogP contribution in [-0.4, -0.2) is 21.6 Å². The van der Waals surface area contributed by atoms with Crippen molar-refractivity contribution in [3.8, 4) is 0 Å². The highest BCUT2D eigenvalue weighted by molar-refractivity contribution is 6.30. The maximum absolute atomic E-state index is 5.84. The van der Waals surface area contributed by atoms with Crippen LogP contribution in [0.5, 0.6) is 0 Å². The first-order chi connectivity index (χ1) is 8.26. The molecule has 0 bridgehead atoms. The van der Waals surface area contributed by atoms with E-state index in [1.54, 1.807) is 12.4 Å². The fourth-order valence-electron chi connectivity index (χ4n) is 1.82. The van der Waals surface area contributed by atoms with Crippen LogP contribution in [0.4, 0.5) is 0 Å². The van der Waals surface area contributed by atoms with E-state index >= 15 is 0 Å². The third kappa shape index (κ3) is 2.48. The number of nitrogens with one attached hydrogen (secondary N) is 1. The van der Waals surface area contributed by atoms with E-state index in [-0.39, 0.29) is 6.04 Å². The minimum atomic E-state index is -0.0118. The Labute approximate surface area is 106 Å². The average molecular weight is 251 g/mol. The molecule has 0 aliphatic carbocycles. The smallest absolute Gasteiger partial charge is 0.132 e. The average Bonchev–Trinajstić information content (AvgIpc) is 2.81. The van der Waals surface area contributed by atoms with Gasteiger partial charge in [-0.3, -0.25) is 4.98 Å². The topological polar surface area (TPSA) is 42.7 Å². The highest BCUT2D eigenvalue weighted by Crippen LogP contribution is 2.19. The van der Waals surface area contributed by atoms with E-state index in [2.05, 4.69) is 26.8 Å². The number of halogens is 1. The quantitative estimate of drug-likeness (QED) is 0.905. The first kappa shape index (κ1) is 12.1. The lowest BCUT2D eigenvalue weighted by atomic mass is 10.1. The van der Waals surface area contributed by atoms with Crippen LogP contribution in [0.2, 0.25) is 5.02 Å². The molecule has 5 heteroatoms. The van der Waals surface area contributed by atoms with Gasteiger partial charge in [-0.05, 0) is 26.1 Å². The van der Waals surface area contributed by atoms with Gasteiger partial charge in [0.2, 0.25) is 0 Å². The van der Waals surface area contributed by atoms with Gasteiger partial charge in [-0.1, -0.05) is 11.6 Å². The fourth-order valence-corrected chi connectivity index (χ4v) is 1.93. The molecule has 2 aromatic rings. The van der Waals surface area contributed by atoms with E-state index in [9.17, 15) is 0 Å². The standard InChI is InChI=1S/C12H15ClN4/c1-3-17-7-6-15-12(17)11(14-2)10-5-4-9(13)8-16-10/h4-8,11,14H,3H2,1-2H3. The zero-order chi connectivity index (χ0) is 12.3. The summed E-state index contributed by atoms with van der Waals surface area (Å²) in [4.78, 5) is 8.72. The van der Waals surface area contributed by atoms with Crippen LogP contribution in [0.15, 0.2) is 30.7 Å². The molecule has 2 aromatic heterocycles. The first-order valence-corrected chi connectivity index (χ1v) is 5.93. The molecular weight excluding hydrogens is 236 g/mol. The second-order valence-corrected chi connectivity index (χ2v) is 4.13. The zero-order valence-corrected chi connectivity index (χ0v) is 10.6. The van der Waals surface area contributed by atoms with E-state index in [1.807, 2.05) is 25.4 Å². The van der Waals surface area contributed by atoms with E-state index in [0.717, 1.165) is 18.1 Å². The monoisotopic (exact) mass is 250 g/mol. The number of pyridine rings is 1. The van der Waals surface area contributed by atoms with Crippen molar-refractivity contribution in [2.75, 3.05) is 7.05 Å². The van der Waals surface area contributed by atoms with Gasteiger partial charge in [0.15, 0.2) is 0 Å². The lowest BCUT2D eigenvalue weighted by Crippen LogP contribution is -2.22. The van der Waals surface area contributed by atoms with Gasteiger partial charge in [0.25, 0.3) is 0 Å². The number of imidazole rings is 1. The number of rotatable bonds is 4. The SMILES string of the molecule is CCn1ccnc1C(NC)c1ccc(Cl)cn1. The second-order valence-electron chi connectivity index (χ2n) is 3.69. The normalized spacial score (nSPS) is 12.6. The molecule has 0 saturated carbocycles. The van der Waals surface area contributed by atoms with Gasteiger partial charge in [-0.2, -0.15) is 0 Å². The number of hydrogen-bond donors (Lipinski definition) is 1. The number of aromatic nitrogens is 3. The Morgan fingerprint density at radius 3 is 2.82 bits per heavy atom. The fraction of sp³-hybridized carbons (Fsp3) is 0.333. The van der Waals surface area contributed by atoms with Gasteiger partial charge in [-0.25, -0.2) is 4.98 Å². The molecule has 2 heterocycles. The van der Waals surface area contributed by atoms with Crippen molar-refractivity contribution in [3.63, 3.8) is 0 Å². The van der Waals surface area contributed by atoms with Gasteiger partial charge < -0.3 is 9.88 Å². The summed E-state index contributed by atoms with van der Waals surface area (Å²) < 4.78 is 2.09. The lowest BCUT2D eigenvalue weighted by Gasteiger charge is -2.16. The van der Waals surface area contributed by atoms with E-state index < -0.39 is 0 Å². The molecule has 0 aliphatic heterocycles. The molecule has 1 atom stereocenters. The molecule has 0 aromatic carbocycles. The molecule has 0 fully saturated rings. The Hall–Kier alpha value is -1.39. The van der Waals surface area contributed by atoms with Crippen molar-refractivity contribution in [3.05, 3.63) is 47.3 Å². The Morgan fingerprint density at radius 2 is 2.24 bits per heavy atom. The molecule has 0 saturated heterocycles. The molecule has 1 unspecified atom stereocenters. The van der Waals surface area contributed by atoms with Crippen LogP contribution in [0.3, 0.4) is 0 Å². The van der Waals surface area contributed by atoms with Gasteiger partial charge in [0, 0.05) is 25.1 Å². The first-order valence-electron chi connectivity index (χ1n) is 5.56. The van der Waals surface area contributed by atoms with Gasteiger partial charge in [0.1, 0.15) is 11.9 Å². The summed E-state index contributed by atoms with van der Waals surface area (Å²) in [7, 11) is 1.90. The van der Waals surface area contributed by atoms with Gasteiger partial charge >= 0.3 is 0 Å². The largest absolute Gasteiger partial charge is 0.334 e. The molecule has 90 valence electrons. The van der Waals surface area contributed by atoms with Gasteiger partial charge in [-0.15, -0.1) is 0 Å². The van der Waals surface area contributed by atoms with Crippen molar-refractivity contribution < 1.29 is 0 Å². The van der Waals surface area contributed by atoms with Crippen molar-refractivity contribution in [2.24, 2.45) is 0 Å². The molecule has 1 N–H and O–H groups in total. The summed E-state index contributed by atoms with van der Waals surface area (Å²) in [6.07, 6.45) is 5.43. The molecule has 4 nitrogen and oxygen atoms in total. The van der Waals surface area contributed by atoms with Crippen LogP contribution in [0.25, 0.3) is 0 Å². The summed E-state index contributed by atoms with van der Waals surface area (Å²) in [5, 5.41) is 3.87. The third-order valence-electron chi connectivity index (χ3n) is 2.68. The molecule has 0 spiro atoms. The van der Waals surface area contributed by atoms with Crippen LogP contribution in [0, 0.1) is 0 Å². The lowest BCUT2D eigenvalue weighted by molar-refractivity contribution is 0.579. The maximum Gasteiger partial charge on any atom is 0.132 e. The van der Waals surface area contributed by atoms with E-state index in [4.69, 9.17) is 11.6 Å². The molecule has 2 rings (SSSR count). The predicted molar refractivity (Wildman–Crippen MR) is 68.1 cm³/mol. The van der Waals surface area contributed by atoms with Crippen LogP contribution < -0.4 is 5.32 Å². The van der Waals surface area contributed by atoms with Crippen molar-refractivity contribution in [1.29, 1.82) is 0 Å². The number of nitrogens with zero attached hydrogens (tertiary/aromatic N) is 3. The minimum absolute atomic E-state index is 0.0118. The Balaban J connectivity index is 2.36. The molecule has 0 aliphatic rings. The highest BCUT2D eigenvalue weighted by Gasteiger charge is 2.17. The summed E-state index contributed by atoms with van der Waals surface area (Å²) >= 11 is 5.84. The summed E-state index contributed by atoms with van der Waals surface area (Å²) in [5.74, 6) is 0.963. The Kier molecular flexibility index (Phi) is 3.76. The molecule has 0 amide bonds. The summed E-state index contributed by atoms with van der Waals surface area (Å²) in [6.45, 7) is 2.98. The maximum atomic E-state index is 5.84. The minimum Gasteiger partial charge on any atom is -0.334 e. The highest BCUT2D eigenvalue weighted by atomic mass is 35.5. The summed E-state index contributed by atoms with van der Waals surface area (Å²) in [5.41, 5.74) is 0.915. The van der Waals surface area contributed by atoms with Crippen LogP contribution in [0.1, 0.15) is 24.5 Å². The van der Waals surface area contributed by atoms with E-state index in [0.29, 0.717) is 5.02 Å². The van der Waals surface area contributed by atoms with E-state index in [1.165, 1.54) is 0 Å². The molecular formula is C12H15ClN4. The van der Waals surface area contributed by atoms with Crippen molar-refractivity contribution >= 4 is 11.6 Å². The number of aryl methyl sites for hydroxylation is 1. The van der Waals surface area contributed by atoms with Crippen LogP contribution >= 0.6 is 11.6 Å². The van der Waals surface area contributed by atoms with Crippen LogP contribution in [-0.2, 0) is 6.54 Å². The molecule has 0 radical (unpaired) electrons. The number of hydrogen-bond acceptors (Lipinski definition) is 3. The third-order valence-corrected chi connectivity index (χ3v) is 2.90. The van der Waals surface area contributed by atoms with Gasteiger partial charge in [0.05, 0.1) is 10.7 Å². The Morgan fingerprint density at radius 1 is 1.41 bits per heavy atom. The van der Waals surface area contributed by atoms with Crippen molar-refractivity contribution in [2.45, 2.75) is 19.5 Å². The van der Waals surface area contributed by atoms with Crippen molar-refractivity contribution in [1.82, 2.24) is 19.9 Å². The summed E-state index contributed by atoms with van der Waals surface area (Å²) in [6, 6.07) is 3.74. The predicted octanol–water partition coefficient (Wildman–Crippen LogP) is 2.26. The zero-order valence-electron chi connectivity index (χ0n) is 9.89. The Bertz CT molecular complexity index is 478. The second kappa shape index (κ2) is 5.29. The molecule has 17 heavy (non-hydrogen) atoms.